The maximum atomic E-state index is 11.6. The van der Waals surface area contributed by atoms with Gasteiger partial charge in [0, 0.05) is 35.8 Å². The number of halogens is 1. The van der Waals surface area contributed by atoms with Crippen molar-refractivity contribution in [2.45, 2.75) is 116 Å². The zero-order valence-corrected chi connectivity index (χ0v) is 33.0. The first-order chi connectivity index (χ1) is 24.8. The van der Waals surface area contributed by atoms with Gasteiger partial charge in [0.1, 0.15) is 11.3 Å². The van der Waals surface area contributed by atoms with Crippen molar-refractivity contribution < 1.29 is 20.1 Å². The van der Waals surface area contributed by atoms with Crippen LogP contribution >= 0.6 is 34.7 Å². The average Bonchev–Trinajstić information content (AvgIpc) is 3.52. The summed E-state index contributed by atoms with van der Waals surface area (Å²) in [6, 6.07) is 11.1. The number of thiazole rings is 1. The van der Waals surface area contributed by atoms with E-state index in [1.54, 1.807) is 6.07 Å². The van der Waals surface area contributed by atoms with Crippen LogP contribution in [0.4, 0.5) is 0 Å². The zero-order chi connectivity index (χ0) is 36.9. The van der Waals surface area contributed by atoms with Crippen LogP contribution in [0.25, 0.3) is 10.2 Å². The Bertz CT molecular complexity index is 1430. The topological polar surface area (TPSA) is 135 Å². The number of unbranched alkanes of at least 4 members (excludes halogenated alkanes) is 11. The molecule has 0 bridgehead atoms. The molecule has 8 nitrogen and oxygen atoms in total. The van der Waals surface area contributed by atoms with Gasteiger partial charge >= 0.3 is 10.8 Å². The van der Waals surface area contributed by atoms with E-state index in [2.05, 4.69) is 40.8 Å². The van der Waals surface area contributed by atoms with Crippen LogP contribution in [-0.2, 0) is 11.2 Å². The number of carbonyl (C=O) groups is 1. The van der Waals surface area contributed by atoms with E-state index in [-0.39, 0.29) is 10.6 Å². The Morgan fingerprint density at radius 1 is 0.882 bits per heavy atom. The summed E-state index contributed by atoms with van der Waals surface area (Å²) < 4.78 is 0.607. The second-order valence-electron chi connectivity index (χ2n) is 12.9. The summed E-state index contributed by atoms with van der Waals surface area (Å²) in [5.41, 5.74) is 2.22. The van der Waals surface area contributed by atoms with E-state index in [1.807, 2.05) is 30.0 Å². The van der Waals surface area contributed by atoms with E-state index in [0.29, 0.717) is 28.7 Å². The highest BCUT2D eigenvalue weighted by atomic mass is 35.5. The number of aromatic amines is 1. The second kappa shape index (κ2) is 29.2. The van der Waals surface area contributed by atoms with Crippen LogP contribution < -0.4 is 15.5 Å². The molecule has 2 aromatic carbocycles. The lowest BCUT2D eigenvalue weighted by molar-refractivity contribution is -0.137. The van der Waals surface area contributed by atoms with Crippen LogP contribution in [0.1, 0.15) is 120 Å². The standard InChI is InChI=1S/C22H28ClN3O3S2.C18H34O2/c23-17-5-2-1-4-15(17)8-10-24-9-3-12-30-13-11-25-14-19(28)16-6-7-18(27)20-21(16)31-22(29)26-20;1-2-3-4-5-6-7-8-9-10-11-12-13-14-15-16-17-18(19)20/h1-2,4-7,19,24-25,27-28H,3,8-14H2,(H,26,29);9-10H,2-8,11-17H2,1H3,(H,19,20)/b;10-9-/t19-;/m0./s1. The third-order valence-electron chi connectivity index (χ3n) is 8.53. The SMILES string of the molecule is CCCCCCCC/C=C\CCCCCCCC(=O)O.O=c1[nH]c2c(O)ccc([C@@H](O)CNCCSCCCNCCc3ccccc3Cl)c2s1. The van der Waals surface area contributed by atoms with E-state index in [9.17, 15) is 19.8 Å². The summed E-state index contributed by atoms with van der Waals surface area (Å²) in [4.78, 5) is 24.3. The first kappa shape index (κ1) is 44.8. The number of phenols is 1. The number of H-pyrrole nitrogens is 1. The van der Waals surface area contributed by atoms with Crippen LogP contribution in [0.2, 0.25) is 5.02 Å². The molecule has 3 aromatic rings. The molecule has 0 radical (unpaired) electrons. The van der Waals surface area contributed by atoms with Crippen molar-refractivity contribution in [1.29, 1.82) is 0 Å². The van der Waals surface area contributed by atoms with Gasteiger partial charge in [0.05, 0.1) is 10.8 Å². The van der Waals surface area contributed by atoms with Crippen molar-refractivity contribution in [3.63, 3.8) is 0 Å². The summed E-state index contributed by atoms with van der Waals surface area (Å²) in [5.74, 6) is 1.41. The number of aliphatic carboxylic acids is 1. The molecule has 0 saturated heterocycles. The van der Waals surface area contributed by atoms with Gasteiger partial charge in [0.25, 0.3) is 0 Å². The van der Waals surface area contributed by atoms with Crippen LogP contribution in [-0.4, -0.2) is 64.0 Å². The summed E-state index contributed by atoms with van der Waals surface area (Å²) in [6.45, 7) is 5.37. The Balaban J connectivity index is 0.000000392. The molecule has 1 heterocycles. The number of hydrogen-bond donors (Lipinski definition) is 6. The molecule has 0 aliphatic heterocycles. The number of aromatic hydroxyl groups is 1. The fraction of sp³-hybridized carbons (Fsp3) is 0.600. The summed E-state index contributed by atoms with van der Waals surface area (Å²) >= 11 is 9.04. The molecule has 6 N–H and O–H groups in total. The highest BCUT2D eigenvalue weighted by Gasteiger charge is 2.15. The molecule has 3 rings (SSSR count). The number of thioether (sulfide) groups is 1. The number of aliphatic hydroxyl groups excluding tert-OH is 1. The van der Waals surface area contributed by atoms with Crippen molar-refractivity contribution >= 4 is 50.9 Å². The summed E-state index contributed by atoms with van der Waals surface area (Å²) in [5, 5.41) is 36.4. The van der Waals surface area contributed by atoms with Crippen LogP contribution in [0.5, 0.6) is 5.75 Å². The molecule has 0 spiro atoms. The summed E-state index contributed by atoms with van der Waals surface area (Å²) in [7, 11) is 0. The monoisotopic (exact) mass is 763 g/mol. The van der Waals surface area contributed by atoms with Crippen molar-refractivity contribution in [2.24, 2.45) is 0 Å². The van der Waals surface area contributed by atoms with Crippen LogP contribution in [0.3, 0.4) is 0 Å². The highest BCUT2D eigenvalue weighted by Crippen LogP contribution is 2.31. The first-order valence-electron chi connectivity index (χ1n) is 19.0. The summed E-state index contributed by atoms with van der Waals surface area (Å²) in [6.07, 6.45) is 22.5. The van der Waals surface area contributed by atoms with E-state index in [0.717, 1.165) is 73.2 Å². The molecule has 0 aliphatic rings. The van der Waals surface area contributed by atoms with E-state index < -0.39 is 12.1 Å². The number of hydrogen-bond acceptors (Lipinski definition) is 8. The molecular formula is C40H62ClN3O5S2. The molecule has 1 aromatic heterocycles. The number of fused-ring (bicyclic) bond motifs is 1. The largest absolute Gasteiger partial charge is 0.506 e. The van der Waals surface area contributed by atoms with Crippen molar-refractivity contribution in [3.8, 4) is 5.75 Å². The molecular weight excluding hydrogens is 702 g/mol. The number of phenolic OH excluding ortho intramolecular Hbond substituents is 1. The molecule has 0 unspecified atom stereocenters. The fourth-order valence-electron chi connectivity index (χ4n) is 5.59. The van der Waals surface area contributed by atoms with Gasteiger partial charge in [0.15, 0.2) is 0 Å². The van der Waals surface area contributed by atoms with Gasteiger partial charge < -0.3 is 30.9 Å². The van der Waals surface area contributed by atoms with Gasteiger partial charge in [-0.3, -0.25) is 9.59 Å². The van der Waals surface area contributed by atoms with Gasteiger partial charge in [-0.15, -0.1) is 0 Å². The number of allylic oxidation sites excluding steroid dienone is 2. The maximum Gasteiger partial charge on any atom is 0.305 e. The zero-order valence-electron chi connectivity index (χ0n) is 30.6. The van der Waals surface area contributed by atoms with Gasteiger partial charge in [-0.2, -0.15) is 11.8 Å². The predicted octanol–water partition coefficient (Wildman–Crippen LogP) is 9.64. The molecule has 286 valence electrons. The minimum absolute atomic E-state index is 0.0204. The molecule has 0 fully saturated rings. The lowest BCUT2D eigenvalue weighted by Crippen LogP contribution is -2.24. The Morgan fingerprint density at radius 3 is 2.27 bits per heavy atom. The van der Waals surface area contributed by atoms with Gasteiger partial charge in [-0.1, -0.05) is 118 Å². The van der Waals surface area contributed by atoms with Gasteiger partial charge in [-0.25, -0.2) is 0 Å². The minimum atomic E-state index is -0.734. The van der Waals surface area contributed by atoms with Crippen molar-refractivity contribution in [2.75, 3.05) is 37.7 Å². The number of aliphatic hydroxyl groups is 1. The number of benzene rings is 2. The smallest absolute Gasteiger partial charge is 0.305 e. The lowest BCUT2D eigenvalue weighted by atomic mass is 10.1. The van der Waals surface area contributed by atoms with E-state index >= 15 is 0 Å². The normalized spacial score (nSPS) is 12.0. The third-order valence-corrected chi connectivity index (χ3v) is 10.9. The highest BCUT2D eigenvalue weighted by molar-refractivity contribution is 7.99. The molecule has 1 atom stereocenters. The van der Waals surface area contributed by atoms with E-state index in [4.69, 9.17) is 16.7 Å². The molecule has 0 saturated carbocycles. The molecule has 0 aliphatic carbocycles. The number of nitrogens with one attached hydrogen (secondary N) is 3. The Morgan fingerprint density at radius 2 is 1.57 bits per heavy atom. The van der Waals surface area contributed by atoms with Crippen LogP contribution in [0.15, 0.2) is 53.3 Å². The minimum Gasteiger partial charge on any atom is -0.506 e. The van der Waals surface area contributed by atoms with Crippen molar-refractivity contribution in [3.05, 3.63) is 74.4 Å². The van der Waals surface area contributed by atoms with Gasteiger partial charge in [-0.05, 0) is 81.5 Å². The van der Waals surface area contributed by atoms with Crippen molar-refractivity contribution in [1.82, 2.24) is 15.6 Å². The number of rotatable bonds is 28. The maximum absolute atomic E-state index is 11.6. The first-order valence-corrected chi connectivity index (χ1v) is 21.3. The predicted molar refractivity (Wildman–Crippen MR) is 219 cm³/mol. The lowest BCUT2D eigenvalue weighted by Gasteiger charge is -2.13. The number of aromatic nitrogens is 1. The van der Waals surface area contributed by atoms with Gasteiger partial charge in [0.2, 0.25) is 0 Å². The Labute approximate surface area is 318 Å². The Kier molecular flexibility index (Phi) is 25.6. The fourth-order valence-corrected chi connectivity index (χ4v) is 7.58. The van der Waals surface area contributed by atoms with E-state index in [1.165, 1.54) is 82.3 Å². The van der Waals surface area contributed by atoms with Crippen LogP contribution in [0, 0.1) is 0 Å². The number of carboxylic acid groups (broad SMARTS) is 1. The third kappa shape index (κ3) is 21.1. The quantitative estimate of drug-likeness (QED) is 0.0318. The average molecular weight is 765 g/mol. The molecule has 51 heavy (non-hydrogen) atoms. The Hall–Kier alpha value is -2.34. The number of carboxylic acids is 1. The second-order valence-corrected chi connectivity index (χ2v) is 15.5. The molecule has 0 amide bonds. The molecule has 11 heteroatoms.